The molecule has 0 fully saturated rings. The molecule has 0 aliphatic carbocycles. The van der Waals surface area contributed by atoms with Crippen LogP contribution in [-0.2, 0) is 9.47 Å². The van der Waals surface area contributed by atoms with E-state index < -0.39 is 6.16 Å². The van der Waals surface area contributed by atoms with Gasteiger partial charge in [0.2, 0.25) is 0 Å². The molecule has 0 rings (SSSR count). The highest BCUT2D eigenvalue weighted by atomic mass is 79.9. The number of ether oxygens (including phenoxy) is 2. The van der Waals surface area contributed by atoms with Gasteiger partial charge in [-0.2, -0.15) is 0 Å². The van der Waals surface area contributed by atoms with E-state index in [4.69, 9.17) is 11.6 Å². The molecule has 0 aromatic rings. The van der Waals surface area contributed by atoms with Gasteiger partial charge >= 0.3 is 6.16 Å². The predicted octanol–water partition coefficient (Wildman–Crippen LogP) is 2.12. The molecule has 3 nitrogen and oxygen atoms in total. The van der Waals surface area contributed by atoms with Crippen LogP contribution in [0.5, 0.6) is 0 Å². The molecule has 0 bridgehead atoms. The normalized spacial score (nSPS) is 12.3. The Hall–Kier alpha value is 0.0400. The van der Waals surface area contributed by atoms with Gasteiger partial charge in [-0.1, -0.05) is 27.5 Å². The van der Waals surface area contributed by atoms with E-state index in [0.717, 1.165) is 0 Å². The fourth-order valence-electron chi connectivity index (χ4n) is 0.274. The van der Waals surface area contributed by atoms with Crippen molar-refractivity contribution in [1.82, 2.24) is 0 Å². The Bertz CT molecular complexity index is 109. The second kappa shape index (κ2) is 5.80. The molecule has 0 N–H and O–H groups in total. The molecule has 10 heavy (non-hydrogen) atoms. The minimum absolute atomic E-state index is 0.173. The van der Waals surface area contributed by atoms with Crippen LogP contribution in [0.15, 0.2) is 0 Å². The Kier molecular flexibility index (Phi) is 5.82. The van der Waals surface area contributed by atoms with Gasteiger partial charge in [0.05, 0.1) is 0 Å². The van der Waals surface area contributed by atoms with Crippen LogP contribution >= 0.6 is 27.5 Å². The largest absolute Gasteiger partial charge is 0.509 e. The van der Waals surface area contributed by atoms with Crippen LogP contribution in [0.2, 0.25) is 0 Å². The van der Waals surface area contributed by atoms with E-state index in [0.29, 0.717) is 5.33 Å². The number of carbonyl (C=O) groups is 1. The smallest absolute Gasteiger partial charge is 0.430 e. The summed E-state index contributed by atoms with van der Waals surface area (Å²) < 4.78 is 8.95. The first-order valence-corrected chi connectivity index (χ1v) is 4.31. The van der Waals surface area contributed by atoms with Crippen molar-refractivity contribution < 1.29 is 14.3 Å². The minimum atomic E-state index is -0.734. The van der Waals surface area contributed by atoms with Crippen molar-refractivity contribution in [1.29, 1.82) is 0 Å². The molecule has 1 unspecified atom stereocenters. The quantitative estimate of drug-likeness (QED) is 0.551. The van der Waals surface area contributed by atoms with Crippen LogP contribution in [0, 0.1) is 0 Å². The lowest BCUT2D eigenvalue weighted by atomic mass is 10.5. The molecule has 0 amide bonds. The van der Waals surface area contributed by atoms with E-state index in [1.54, 1.807) is 6.92 Å². The fourth-order valence-corrected chi connectivity index (χ4v) is 0.496. The average Bonchev–Trinajstić information content (AvgIpc) is 1.88. The van der Waals surface area contributed by atoms with E-state index in [-0.39, 0.29) is 12.2 Å². The van der Waals surface area contributed by atoms with Crippen molar-refractivity contribution in [2.75, 3.05) is 11.4 Å². The van der Waals surface area contributed by atoms with E-state index in [1.165, 1.54) is 0 Å². The molecule has 0 radical (unpaired) electrons. The van der Waals surface area contributed by atoms with Crippen molar-refractivity contribution in [3.05, 3.63) is 0 Å². The van der Waals surface area contributed by atoms with Gasteiger partial charge in [0.25, 0.3) is 0 Å². The number of hydrogen-bond acceptors (Lipinski definition) is 3. The van der Waals surface area contributed by atoms with Gasteiger partial charge in [0.15, 0.2) is 6.07 Å². The molecule has 0 aromatic heterocycles. The maximum Gasteiger partial charge on any atom is 0.509 e. The minimum Gasteiger partial charge on any atom is -0.430 e. The van der Waals surface area contributed by atoms with E-state index in [1.807, 2.05) is 0 Å². The molecule has 0 heterocycles. The summed E-state index contributed by atoms with van der Waals surface area (Å²) in [6.07, 6.45) is -0.919. The lowest BCUT2D eigenvalue weighted by Gasteiger charge is -2.07. The molecule has 0 aliphatic rings. The summed E-state index contributed by atoms with van der Waals surface area (Å²) >= 11 is 8.22. The summed E-state index contributed by atoms with van der Waals surface area (Å²) in [7, 11) is 0. The second-order valence-electron chi connectivity index (χ2n) is 1.59. The highest BCUT2D eigenvalue weighted by molar-refractivity contribution is 9.09. The number of hydrogen-bond donors (Lipinski definition) is 0. The SMILES string of the molecule is CC(CBr)OC(=O)OCCl. The van der Waals surface area contributed by atoms with Gasteiger partial charge in [0.1, 0.15) is 6.10 Å². The highest BCUT2D eigenvalue weighted by Gasteiger charge is 2.07. The van der Waals surface area contributed by atoms with Gasteiger partial charge in [-0.25, -0.2) is 4.79 Å². The van der Waals surface area contributed by atoms with Crippen LogP contribution in [0.25, 0.3) is 0 Å². The van der Waals surface area contributed by atoms with Gasteiger partial charge in [0, 0.05) is 5.33 Å². The number of alkyl halides is 2. The third-order valence-electron chi connectivity index (χ3n) is 0.687. The molecule has 1 atom stereocenters. The average molecular weight is 231 g/mol. The summed E-state index contributed by atoms with van der Waals surface area (Å²) in [5.74, 6) is 0. The number of carbonyl (C=O) groups excluding carboxylic acids is 1. The molecule has 0 spiro atoms. The molecule has 0 saturated heterocycles. The summed E-state index contributed by atoms with van der Waals surface area (Å²) in [4.78, 5) is 10.5. The van der Waals surface area contributed by atoms with Crippen LogP contribution in [-0.4, -0.2) is 23.7 Å². The van der Waals surface area contributed by atoms with Gasteiger partial charge < -0.3 is 9.47 Å². The second-order valence-corrected chi connectivity index (χ2v) is 2.45. The van der Waals surface area contributed by atoms with E-state index in [9.17, 15) is 4.79 Å². The Balaban J connectivity index is 3.37. The third kappa shape index (κ3) is 4.88. The lowest BCUT2D eigenvalue weighted by molar-refractivity contribution is 0.0470. The monoisotopic (exact) mass is 230 g/mol. The Morgan fingerprint density at radius 1 is 1.80 bits per heavy atom. The van der Waals surface area contributed by atoms with Crippen molar-refractivity contribution in [2.45, 2.75) is 13.0 Å². The zero-order valence-electron chi connectivity index (χ0n) is 5.47. The zero-order chi connectivity index (χ0) is 7.98. The maximum absolute atomic E-state index is 10.5. The van der Waals surface area contributed by atoms with Crippen molar-refractivity contribution >= 4 is 33.7 Å². The standard InChI is InChI=1S/C5H8BrClO3/c1-4(2-6)10-5(8)9-3-7/h4H,2-3H2,1H3. The van der Waals surface area contributed by atoms with Crippen LogP contribution in [0.1, 0.15) is 6.92 Å². The van der Waals surface area contributed by atoms with Gasteiger partial charge in [-0.15, -0.1) is 0 Å². The first-order chi connectivity index (χ1) is 4.70. The van der Waals surface area contributed by atoms with Crippen LogP contribution in [0.3, 0.4) is 0 Å². The molecular formula is C5H8BrClO3. The van der Waals surface area contributed by atoms with Crippen LogP contribution < -0.4 is 0 Å². The van der Waals surface area contributed by atoms with Crippen molar-refractivity contribution in [3.63, 3.8) is 0 Å². The van der Waals surface area contributed by atoms with Crippen molar-refractivity contribution in [3.8, 4) is 0 Å². The van der Waals surface area contributed by atoms with Gasteiger partial charge in [-0.05, 0) is 6.92 Å². The Morgan fingerprint density at radius 3 is 2.80 bits per heavy atom. The van der Waals surface area contributed by atoms with E-state index >= 15 is 0 Å². The first-order valence-electron chi connectivity index (χ1n) is 2.66. The van der Waals surface area contributed by atoms with E-state index in [2.05, 4.69) is 25.4 Å². The molecule has 0 aliphatic heterocycles. The molecule has 5 heteroatoms. The summed E-state index contributed by atoms with van der Waals surface area (Å²) in [6, 6.07) is -0.173. The summed E-state index contributed by atoms with van der Waals surface area (Å²) in [5, 5.41) is 0.588. The molecule has 0 aromatic carbocycles. The number of halogens is 2. The van der Waals surface area contributed by atoms with Crippen molar-refractivity contribution in [2.24, 2.45) is 0 Å². The predicted molar refractivity (Wildman–Crippen MR) is 41.5 cm³/mol. The summed E-state index contributed by atoms with van der Waals surface area (Å²) in [6.45, 7) is 1.74. The fraction of sp³-hybridized carbons (Fsp3) is 0.800. The number of rotatable bonds is 3. The molecule has 60 valence electrons. The lowest BCUT2D eigenvalue weighted by Crippen LogP contribution is -2.16. The van der Waals surface area contributed by atoms with Crippen LogP contribution in [0.4, 0.5) is 4.79 Å². The Labute approximate surface area is 72.8 Å². The highest BCUT2D eigenvalue weighted by Crippen LogP contribution is 1.98. The Morgan fingerprint density at radius 2 is 2.40 bits per heavy atom. The third-order valence-corrected chi connectivity index (χ3v) is 1.71. The maximum atomic E-state index is 10.5. The molecular weight excluding hydrogens is 223 g/mol. The molecule has 0 saturated carbocycles. The summed E-state index contributed by atoms with van der Waals surface area (Å²) in [5.41, 5.74) is 0. The topological polar surface area (TPSA) is 35.5 Å². The zero-order valence-corrected chi connectivity index (χ0v) is 7.81. The first kappa shape index (κ1) is 10.0. The van der Waals surface area contributed by atoms with Gasteiger partial charge in [-0.3, -0.25) is 0 Å².